The molecule has 0 heterocycles. The normalized spacial score (nSPS) is 15.8. The molecular formula is C14H20. The molecule has 2 rings (SSSR count). The molecule has 0 saturated carbocycles. The first kappa shape index (κ1) is 9.76. The first-order chi connectivity index (χ1) is 6.90. The first-order valence-corrected chi connectivity index (χ1v) is 5.97. The first-order valence-electron chi connectivity index (χ1n) is 5.97. The van der Waals surface area contributed by atoms with Crippen molar-refractivity contribution in [1.29, 1.82) is 0 Å². The Hall–Kier alpha value is -0.780. The highest BCUT2D eigenvalue weighted by Gasteiger charge is 2.19. The van der Waals surface area contributed by atoms with Gasteiger partial charge in [0.15, 0.2) is 0 Å². The summed E-state index contributed by atoms with van der Waals surface area (Å²) in [6.45, 7) is 2.28. The van der Waals surface area contributed by atoms with Crippen molar-refractivity contribution in [3.63, 3.8) is 0 Å². The summed E-state index contributed by atoms with van der Waals surface area (Å²) in [7, 11) is 0. The van der Waals surface area contributed by atoms with Gasteiger partial charge in [-0.25, -0.2) is 0 Å². The van der Waals surface area contributed by atoms with Crippen LogP contribution in [0.4, 0.5) is 0 Å². The number of hydrogen-bond acceptors (Lipinski definition) is 0. The van der Waals surface area contributed by atoms with E-state index in [0.717, 1.165) is 5.92 Å². The summed E-state index contributed by atoms with van der Waals surface area (Å²) < 4.78 is 0. The monoisotopic (exact) mass is 188 g/mol. The van der Waals surface area contributed by atoms with Crippen molar-refractivity contribution < 1.29 is 0 Å². The van der Waals surface area contributed by atoms with Crippen LogP contribution in [-0.2, 0) is 12.8 Å². The molecule has 0 heteroatoms. The van der Waals surface area contributed by atoms with Crippen LogP contribution in [0.1, 0.15) is 43.7 Å². The molecule has 14 heavy (non-hydrogen) atoms. The minimum Gasteiger partial charge on any atom is -0.0654 e. The summed E-state index contributed by atoms with van der Waals surface area (Å²) >= 11 is 0. The van der Waals surface area contributed by atoms with Gasteiger partial charge in [0.1, 0.15) is 0 Å². The second-order valence-corrected chi connectivity index (χ2v) is 4.54. The van der Waals surface area contributed by atoms with Gasteiger partial charge in [-0.2, -0.15) is 0 Å². The maximum atomic E-state index is 2.30. The summed E-state index contributed by atoms with van der Waals surface area (Å²) in [5.41, 5.74) is 3.21. The molecule has 0 N–H and O–H groups in total. The van der Waals surface area contributed by atoms with E-state index in [0.29, 0.717) is 0 Å². The van der Waals surface area contributed by atoms with Gasteiger partial charge in [0, 0.05) is 0 Å². The van der Waals surface area contributed by atoms with E-state index in [2.05, 4.69) is 31.2 Å². The topological polar surface area (TPSA) is 0 Å². The van der Waals surface area contributed by atoms with Crippen molar-refractivity contribution in [3.8, 4) is 0 Å². The Morgan fingerprint density at radius 2 is 1.71 bits per heavy atom. The smallest absolute Gasteiger partial charge is 0.0244 e. The summed E-state index contributed by atoms with van der Waals surface area (Å²) in [6, 6.07) is 8.95. The predicted octanol–water partition coefficient (Wildman–Crippen LogP) is 3.98. The lowest BCUT2D eigenvalue weighted by Gasteiger charge is -2.07. The van der Waals surface area contributed by atoms with Gasteiger partial charge in [0.2, 0.25) is 0 Å². The molecule has 0 aliphatic heterocycles. The molecule has 0 spiro atoms. The van der Waals surface area contributed by atoms with Crippen LogP contribution in [0.3, 0.4) is 0 Å². The average Bonchev–Trinajstić information content (AvgIpc) is 2.60. The molecule has 1 aromatic rings. The van der Waals surface area contributed by atoms with Crippen LogP contribution in [0.2, 0.25) is 0 Å². The molecule has 0 aromatic heterocycles. The van der Waals surface area contributed by atoms with Crippen molar-refractivity contribution in [2.45, 2.75) is 45.4 Å². The van der Waals surface area contributed by atoms with Gasteiger partial charge in [-0.05, 0) is 36.3 Å². The Kier molecular flexibility index (Phi) is 3.23. The van der Waals surface area contributed by atoms with Crippen molar-refractivity contribution in [2.75, 3.05) is 0 Å². The fourth-order valence-corrected chi connectivity index (χ4v) is 2.54. The van der Waals surface area contributed by atoms with Gasteiger partial charge < -0.3 is 0 Å². The van der Waals surface area contributed by atoms with Gasteiger partial charge in [0.05, 0.1) is 0 Å². The van der Waals surface area contributed by atoms with Crippen molar-refractivity contribution in [1.82, 2.24) is 0 Å². The van der Waals surface area contributed by atoms with Gasteiger partial charge in [-0.15, -0.1) is 0 Å². The SMILES string of the molecule is CCCCCC1Cc2ccccc2C1. The third-order valence-electron chi connectivity index (χ3n) is 3.35. The average molecular weight is 188 g/mol. The largest absolute Gasteiger partial charge is 0.0654 e. The lowest BCUT2D eigenvalue weighted by molar-refractivity contribution is 0.480. The maximum Gasteiger partial charge on any atom is -0.0244 e. The molecule has 76 valence electrons. The Morgan fingerprint density at radius 3 is 2.29 bits per heavy atom. The van der Waals surface area contributed by atoms with E-state index in [-0.39, 0.29) is 0 Å². The molecule has 1 aliphatic rings. The van der Waals surface area contributed by atoms with E-state index in [1.54, 1.807) is 11.1 Å². The van der Waals surface area contributed by atoms with Crippen LogP contribution in [-0.4, -0.2) is 0 Å². The molecule has 0 radical (unpaired) electrons. The van der Waals surface area contributed by atoms with E-state index in [1.807, 2.05) is 0 Å². The summed E-state index contributed by atoms with van der Waals surface area (Å²) in [5, 5.41) is 0. The van der Waals surface area contributed by atoms with Crippen molar-refractivity contribution in [3.05, 3.63) is 35.4 Å². The molecular weight excluding hydrogens is 168 g/mol. The molecule has 0 unspecified atom stereocenters. The van der Waals surface area contributed by atoms with Crippen molar-refractivity contribution in [2.24, 2.45) is 5.92 Å². The van der Waals surface area contributed by atoms with E-state index in [9.17, 15) is 0 Å². The standard InChI is InChI=1S/C14H20/c1-2-3-4-7-12-10-13-8-5-6-9-14(13)11-12/h5-6,8-9,12H,2-4,7,10-11H2,1H3. The fraction of sp³-hybridized carbons (Fsp3) is 0.571. The summed E-state index contributed by atoms with van der Waals surface area (Å²) in [5.74, 6) is 0.943. The zero-order valence-electron chi connectivity index (χ0n) is 9.13. The minimum absolute atomic E-state index is 0.943. The quantitative estimate of drug-likeness (QED) is 0.627. The second-order valence-electron chi connectivity index (χ2n) is 4.54. The van der Waals surface area contributed by atoms with Crippen LogP contribution in [0.25, 0.3) is 0 Å². The highest BCUT2D eigenvalue weighted by Crippen LogP contribution is 2.29. The van der Waals surface area contributed by atoms with E-state index < -0.39 is 0 Å². The Morgan fingerprint density at radius 1 is 1.07 bits per heavy atom. The predicted molar refractivity (Wildman–Crippen MR) is 61.5 cm³/mol. The third-order valence-corrected chi connectivity index (χ3v) is 3.35. The Bertz CT molecular complexity index is 263. The highest BCUT2D eigenvalue weighted by atomic mass is 14.2. The Balaban J connectivity index is 1.86. The molecule has 0 amide bonds. The lowest BCUT2D eigenvalue weighted by Crippen LogP contribution is -1.98. The number of unbranched alkanes of at least 4 members (excludes halogenated alkanes) is 2. The second kappa shape index (κ2) is 4.63. The van der Waals surface area contributed by atoms with Gasteiger partial charge >= 0.3 is 0 Å². The molecule has 0 nitrogen and oxygen atoms in total. The number of rotatable bonds is 4. The zero-order valence-corrected chi connectivity index (χ0v) is 9.13. The van der Waals surface area contributed by atoms with Gasteiger partial charge in [-0.1, -0.05) is 50.5 Å². The van der Waals surface area contributed by atoms with Gasteiger partial charge in [-0.3, -0.25) is 0 Å². The van der Waals surface area contributed by atoms with Crippen LogP contribution in [0.5, 0.6) is 0 Å². The van der Waals surface area contributed by atoms with Crippen LogP contribution >= 0.6 is 0 Å². The van der Waals surface area contributed by atoms with E-state index in [1.165, 1.54) is 38.5 Å². The van der Waals surface area contributed by atoms with Gasteiger partial charge in [0.25, 0.3) is 0 Å². The molecule has 0 bridgehead atoms. The summed E-state index contributed by atoms with van der Waals surface area (Å²) in [4.78, 5) is 0. The van der Waals surface area contributed by atoms with E-state index in [4.69, 9.17) is 0 Å². The highest BCUT2D eigenvalue weighted by molar-refractivity contribution is 5.31. The summed E-state index contributed by atoms with van der Waals surface area (Å²) in [6.07, 6.45) is 8.28. The molecule has 0 atom stereocenters. The van der Waals surface area contributed by atoms with Crippen LogP contribution in [0.15, 0.2) is 24.3 Å². The number of fused-ring (bicyclic) bond motifs is 1. The van der Waals surface area contributed by atoms with Crippen LogP contribution in [0, 0.1) is 5.92 Å². The molecule has 0 fully saturated rings. The lowest BCUT2D eigenvalue weighted by atomic mass is 9.98. The van der Waals surface area contributed by atoms with Crippen molar-refractivity contribution >= 4 is 0 Å². The number of hydrogen-bond donors (Lipinski definition) is 0. The fourth-order valence-electron chi connectivity index (χ4n) is 2.54. The minimum atomic E-state index is 0.943. The zero-order chi connectivity index (χ0) is 9.80. The maximum absolute atomic E-state index is 2.30. The molecule has 1 aliphatic carbocycles. The molecule has 0 saturated heterocycles. The van der Waals surface area contributed by atoms with E-state index >= 15 is 0 Å². The Labute approximate surface area is 87.3 Å². The number of benzene rings is 1. The van der Waals surface area contributed by atoms with Crippen LogP contribution < -0.4 is 0 Å². The third kappa shape index (κ3) is 2.17. The molecule has 1 aromatic carbocycles.